The Bertz CT molecular complexity index is 247. The zero-order chi connectivity index (χ0) is 9.19. The van der Waals surface area contributed by atoms with E-state index in [0.717, 1.165) is 12.1 Å². The Morgan fingerprint density at radius 1 is 1.42 bits per heavy atom. The van der Waals surface area contributed by atoms with Crippen molar-refractivity contribution in [1.29, 1.82) is 0 Å². The summed E-state index contributed by atoms with van der Waals surface area (Å²) >= 11 is 1.78. The Kier molecular flexibility index (Phi) is 3.07. The highest BCUT2D eigenvalue weighted by Crippen LogP contribution is 2.36. The SMILES string of the molecule is CS(C)(C)CCc1sccc1N. The Hall–Kier alpha value is -0.150. The van der Waals surface area contributed by atoms with Gasteiger partial charge >= 0.3 is 0 Å². The molecule has 0 spiro atoms. The lowest BCUT2D eigenvalue weighted by Crippen LogP contribution is -2.02. The average Bonchev–Trinajstić information content (AvgIpc) is 2.29. The number of hydrogen-bond acceptors (Lipinski definition) is 2. The predicted octanol–water partition coefficient (Wildman–Crippen LogP) is 2.57. The molecule has 0 atom stereocenters. The third kappa shape index (κ3) is 3.07. The van der Waals surface area contributed by atoms with Crippen LogP contribution in [0.4, 0.5) is 5.69 Å². The molecule has 1 heterocycles. The van der Waals surface area contributed by atoms with Gasteiger partial charge in [-0.15, -0.1) is 11.3 Å². The summed E-state index contributed by atoms with van der Waals surface area (Å²) in [5, 5.41) is 2.07. The van der Waals surface area contributed by atoms with E-state index in [1.807, 2.05) is 6.07 Å². The Morgan fingerprint density at radius 3 is 2.50 bits per heavy atom. The molecular formula is C9H17NS2. The van der Waals surface area contributed by atoms with Gasteiger partial charge < -0.3 is 5.73 Å². The van der Waals surface area contributed by atoms with Gasteiger partial charge in [0, 0.05) is 10.6 Å². The van der Waals surface area contributed by atoms with Crippen LogP contribution in [0, 0.1) is 0 Å². The molecule has 70 valence electrons. The Labute approximate surface area is 80.3 Å². The molecule has 0 fully saturated rings. The Balaban J connectivity index is 2.49. The quantitative estimate of drug-likeness (QED) is 0.803. The normalized spacial score (nSPS) is 13.2. The fourth-order valence-corrected chi connectivity index (χ4v) is 2.70. The minimum Gasteiger partial charge on any atom is -0.398 e. The van der Waals surface area contributed by atoms with Crippen LogP contribution < -0.4 is 5.73 Å². The first-order valence-electron chi connectivity index (χ1n) is 3.97. The van der Waals surface area contributed by atoms with Crippen molar-refractivity contribution in [2.45, 2.75) is 6.42 Å². The lowest BCUT2D eigenvalue weighted by atomic mass is 10.3. The first-order valence-corrected chi connectivity index (χ1v) is 7.87. The van der Waals surface area contributed by atoms with E-state index in [1.54, 1.807) is 11.3 Å². The molecule has 0 radical (unpaired) electrons. The maximum Gasteiger partial charge on any atom is 0.0455 e. The van der Waals surface area contributed by atoms with Crippen LogP contribution in [0.25, 0.3) is 0 Å². The molecule has 1 aromatic heterocycles. The van der Waals surface area contributed by atoms with Gasteiger partial charge in [-0.3, -0.25) is 0 Å². The zero-order valence-electron chi connectivity index (χ0n) is 7.96. The van der Waals surface area contributed by atoms with Gasteiger partial charge in [-0.05, 0) is 42.4 Å². The molecule has 0 bridgehead atoms. The van der Waals surface area contributed by atoms with Crippen molar-refractivity contribution in [2.24, 2.45) is 0 Å². The number of thiophene rings is 1. The van der Waals surface area contributed by atoms with Gasteiger partial charge in [-0.2, -0.15) is 0 Å². The highest BCUT2D eigenvalue weighted by Gasteiger charge is 2.06. The van der Waals surface area contributed by atoms with E-state index in [-0.39, 0.29) is 10.0 Å². The van der Waals surface area contributed by atoms with E-state index in [1.165, 1.54) is 10.6 Å². The fourth-order valence-electron chi connectivity index (χ4n) is 0.953. The summed E-state index contributed by atoms with van der Waals surface area (Å²) in [4.78, 5) is 1.36. The van der Waals surface area contributed by atoms with Crippen LogP contribution in [0.3, 0.4) is 0 Å². The molecule has 0 aliphatic carbocycles. The van der Waals surface area contributed by atoms with Crippen LogP contribution in [0.15, 0.2) is 11.4 Å². The minimum atomic E-state index is -0.366. The maximum absolute atomic E-state index is 5.79. The third-order valence-electron chi connectivity index (χ3n) is 1.72. The number of aryl methyl sites for hydroxylation is 1. The highest BCUT2D eigenvalue weighted by atomic mass is 32.3. The van der Waals surface area contributed by atoms with Crippen molar-refractivity contribution in [3.63, 3.8) is 0 Å². The van der Waals surface area contributed by atoms with Crippen LogP contribution in [-0.4, -0.2) is 24.5 Å². The van der Waals surface area contributed by atoms with Crippen molar-refractivity contribution in [1.82, 2.24) is 0 Å². The van der Waals surface area contributed by atoms with Gasteiger partial charge in [-0.25, -0.2) is 10.0 Å². The van der Waals surface area contributed by atoms with E-state index in [0.29, 0.717) is 0 Å². The number of rotatable bonds is 3. The summed E-state index contributed by atoms with van der Waals surface area (Å²) in [6.45, 7) is 0. The average molecular weight is 203 g/mol. The molecule has 0 saturated carbocycles. The Morgan fingerprint density at radius 2 is 2.08 bits per heavy atom. The lowest BCUT2D eigenvalue weighted by molar-refractivity contribution is 1.20. The summed E-state index contributed by atoms with van der Waals surface area (Å²) in [6.07, 6.45) is 8.19. The summed E-state index contributed by atoms with van der Waals surface area (Å²) < 4.78 is 0. The van der Waals surface area contributed by atoms with Gasteiger partial charge in [0.2, 0.25) is 0 Å². The van der Waals surface area contributed by atoms with Crippen molar-refractivity contribution >= 4 is 27.1 Å². The van der Waals surface area contributed by atoms with Crippen LogP contribution in [0.1, 0.15) is 4.88 Å². The lowest BCUT2D eigenvalue weighted by Gasteiger charge is -2.24. The number of nitrogens with two attached hydrogens (primary N) is 1. The molecule has 0 aromatic carbocycles. The van der Waals surface area contributed by atoms with Crippen LogP contribution in [0.2, 0.25) is 0 Å². The van der Waals surface area contributed by atoms with Crippen LogP contribution >= 0.6 is 21.4 Å². The van der Waals surface area contributed by atoms with E-state index in [9.17, 15) is 0 Å². The molecule has 0 aliphatic heterocycles. The largest absolute Gasteiger partial charge is 0.398 e. The van der Waals surface area contributed by atoms with E-state index in [2.05, 4.69) is 24.1 Å². The van der Waals surface area contributed by atoms with E-state index in [4.69, 9.17) is 5.73 Å². The number of nitrogen functional groups attached to an aromatic ring is 1. The van der Waals surface area contributed by atoms with Gasteiger partial charge in [0.15, 0.2) is 0 Å². The second kappa shape index (κ2) is 3.71. The number of hydrogen-bond donors (Lipinski definition) is 1. The van der Waals surface area contributed by atoms with E-state index >= 15 is 0 Å². The summed E-state index contributed by atoms with van der Waals surface area (Å²) in [6, 6.07) is 2.00. The monoisotopic (exact) mass is 203 g/mol. The zero-order valence-corrected chi connectivity index (χ0v) is 9.60. The van der Waals surface area contributed by atoms with Gasteiger partial charge in [-0.1, -0.05) is 0 Å². The predicted molar refractivity (Wildman–Crippen MR) is 62.7 cm³/mol. The van der Waals surface area contributed by atoms with Gasteiger partial charge in [0.25, 0.3) is 0 Å². The molecule has 0 amide bonds. The van der Waals surface area contributed by atoms with Crippen LogP contribution in [-0.2, 0) is 6.42 Å². The second-order valence-electron chi connectivity index (χ2n) is 3.84. The van der Waals surface area contributed by atoms with E-state index < -0.39 is 0 Å². The molecule has 0 aliphatic rings. The van der Waals surface area contributed by atoms with Gasteiger partial charge in [0.05, 0.1) is 0 Å². The molecule has 12 heavy (non-hydrogen) atoms. The first-order chi connectivity index (χ1) is 5.49. The second-order valence-corrected chi connectivity index (χ2v) is 9.43. The molecule has 1 aromatic rings. The molecule has 0 unspecified atom stereocenters. The highest BCUT2D eigenvalue weighted by molar-refractivity contribution is 8.32. The summed E-state index contributed by atoms with van der Waals surface area (Å²) in [5.74, 6) is 1.29. The molecule has 1 nitrogen and oxygen atoms in total. The molecule has 2 N–H and O–H groups in total. The molecule has 3 heteroatoms. The third-order valence-corrected chi connectivity index (χ3v) is 4.15. The topological polar surface area (TPSA) is 26.0 Å². The van der Waals surface area contributed by atoms with Crippen molar-refractivity contribution in [2.75, 3.05) is 30.3 Å². The minimum absolute atomic E-state index is 0.366. The van der Waals surface area contributed by atoms with Crippen molar-refractivity contribution in [3.8, 4) is 0 Å². The summed E-state index contributed by atoms with van der Waals surface area (Å²) in [7, 11) is -0.366. The van der Waals surface area contributed by atoms with Crippen molar-refractivity contribution < 1.29 is 0 Å². The maximum atomic E-state index is 5.79. The first kappa shape index (κ1) is 9.93. The standard InChI is InChI=1S/C9H17NS2/c1-12(2,3)7-5-9-8(10)4-6-11-9/h4,6H,5,7,10H2,1-3H3. The molecular weight excluding hydrogens is 186 g/mol. The fraction of sp³-hybridized carbons (Fsp3) is 0.556. The smallest absolute Gasteiger partial charge is 0.0455 e. The molecule has 1 rings (SSSR count). The molecule has 0 saturated heterocycles. The number of anilines is 1. The van der Waals surface area contributed by atoms with Gasteiger partial charge in [0.1, 0.15) is 0 Å². The summed E-state index contributed by atoms with van der Waals surface area (Å²) in [5.41, 5.74) is 6.77. The van der Waals surface area contributed by atoms with Crippen molar-refractivity contribution in [3.05, 3.63) is 16.3 Å². The van der Waals surface area contributed by atoms with Crippen LogP contribution in [0.5, 0.6) is 0 Å².